The maximum atomic E-state index is 12.3. The van der Waals surface area contributed by atoms with E-state index in [1.807, 2.05) is 32.9 Å². The molecule has 1 aliphatic carbocycles. The van der Waals surface area contributed by atoms with Crippen LogP contribution in [0.25, 0.3) is 5.57 Å². The van der Waals surface area contributed by atoms with Crippen LogP contribution < -0.4 is 21.3 Å². The van der Waals surface area contributed by atoms with Crippen molar-refractivity contribution < 1.29 is 23.7 Å². The summed E-state index contributed by atoms with van der Waals surface area (Å²) in [5, 5.41) is 14.4. The van der Waals surface area contributed by atoms with E-state index in [-0.39, 0.29) is 48.0 Å². The Balaban J connectivity index is 0.000000550. The van der Waals surface area contributed by atoms with Gasteiger partial charge >= 0.3 is 0 Å². The summed E-state index contributed by atoms with van der Waals surface area (Å²) in [4.78, 5) is 46.5. The molecule has 2 aromatic rings. The molecular formula is C28H39N5O5. The minimum absolute atomic E-state index is 0.0255. The molecule has 0 aliphatic heterocycles. The summed E-state index contributed by atoms with van der Waals surface area (Å²) in [6.45, 7) is 11.1. The van der Waals surface area contributed by atoms with Gasteiger partial charge in [-0.15, -0.1) is 0 Å². The van der Waals surface area contributed by atoms with Crippen molar-refractivity contribution in [2.45, 2.75) is 72.4 Å². The monoisotopic (exact) mass is 525 g/mol. The van der Waals surface area contributed by atoms with E-state index in [9.17, 15) is 19.2 Å². The Morgan fingerprint density at radius 2 is 1.79 bits per heavy atom. The van der Waals surface area contributed by atoms with E-state index in [2.05, 4.69) is 44.6 Å². The molecule has 1 aliphatic rings. The zero-order valence-corrected chi connectivity index (χ0v) is 23.1. The Kier molecular flexibility index (Phi) is 11.2. The van der Waals surface area contributed by atoms with Crippen molar-refractivity contribution in [3.05, 3.63) is 59.0 Å². The van der Waals surface area contributed by atoms with Gasteiger partial charge in [0.05, 0.1) is 6.54 Å². The number of allylic oxidation sites excluding steroid dienone is 1. The lowest BCUT2D eigenvalue weighted by molar-refractivity contribution is -0.123. The Hall–Kier alpha value is -3.95. The standard InChI is InChI=1S/C22H26N4O4.C6H13NO/c1-14(25-21(28)13-24-22(29)19-11-15(2)30-26-19)10-20(27)23-12-17-8-5-7-16-6-3-4-9-18(16)17;1-5(8)7-6(2,3)4/h3-4,6,8-9,11,14H,5,7,10,12-13H2,1-2H3,(H,23,27)(H,24,29)(H,25,28);1-4H3,(H,7,8). The van der Waals surface area contributed by atoms with Crippen LogP contribution in [0.5, 0.6) is 0 Å². The van der Waals surface area contributed by atoms with Crippen LogP contribution in [0.2, 0.25) is 0 Å². The number of carbonyl (C=O) groups is 4. The first kappa shape index (κ1) is 30.3. The first-order valence-corrected chi connectivity index (χ1v) is 12.7. The highest BCUT2D eigenvalue weighted by molar-refractivity contribution is 5.94. The van der Waals surface area contributed by atoms with Gasteiger partial charge in [0, 0.05) is 37.5 Å². The predicted molar refractivity (Wildman–Crippen MR) is 145 cm³/mol. The molecule has 0 saturated carbocycles. The Bertz CT molecular complexity index is 1160. The molecule has 10 heteroatoms. The summed E-state index contributed by atoms with van der Waals surface area (Å²) >= 11 is 0. The van der Waals surface area contributed by atoms with E-state index < -0.39 is 5.91 Å². The molecule has 0 fully saturated rings. The molecule has 4 amide bonds. The van der Waals surface area contributed by atoms with E-state index >= 15 is 0 Å². The quantitative estimate of drug-likeness (QED) is 0.417. The fraction of sp³-hybridized carbons (Fsp3) is 0.464. The van der Waals surface area contributed by atoms with Gasteiger partial charge in [-0.2, -0.15) is 0 Å². The van der Waals surface area contributed by atoms with Gasteiger partial charge in [0.2, 0.25) is 17.7 Å². The van der Waals surface area contributed by atoms with Gasteiger partial charge in [0.1, 0.15) is 5.76 Å². The molecule has 38 heavy (non-hydrogen) atoms. The lowest BCUT2D eigenvalue weighted by atomic mass is 9.91. The summed E-state index contributed by atoms with van der Waals surface area (Å²) in [5.41, 5.74) is 3.64. The maximum Gasteiger partial charge on any atom is 0.273 e. The lowest BCUT2D eigenvalue weighted by Gasteiger charge is -2.19. The summed E-state index contributed by atoms with van der Waals surface area (Å²) in [6, 6.07) is 9.34. The normalized spacial score (nSPS) is 13.1. The van der Waals surface area contributed by atoms with Gasteiger partial charge in [0.25, 0.3) is 5.91 Å². The number of hydrogen-bond acceptors (Lipinski definition) is 6. The van der Waals surface area contributed by atoms with Gasteiger partial charge < -0.3 is 25.8 Å². The van der Waals surface area contributed by atoms with Gasteiger partial charge in [-0.05, 0) is 64.2 Å². The van der Waals surface area contributed by atoms with Crippen LogP contribution in [0, 0.1) is 6.92 Å². The summed E-state index contributed by atoms with van der Waals surface area (Å²) in [7, 11) is 0. The molecule has 0 spiro atoms. The van der Waals surface area contributed by atoms with Crippen LogP contribution in [-0.4, -0.2) is 53.5 Å². The molecule has 1 unspecified atom stereocenters. The molecule has 1 heterocycles. The number of fused-ring (bicyclic) bond motifs is 1. The van der Waals surface area contributed by atoms with E-state index in [1.165, 1.54) is 24.1 Å². The van der Waals surface area contributed by atoms with E-state index in [1.54, 1.807) is 13.8 Å². The van der Waals surface area contributed by atoms with Gasteiger partial charge in [0.15, 0.2) is 5.69 Å². The smallest absolute Gasteiger partial charge is 0.273 e. The molecule has 4 N–H and O–H groups in total. The fourth-order valence-electron chi connectivity index (χ4n) is 3.90. The number of rotatable bonds is 8. The SMILES string of the molecule is CC(=O)NC(C)(C)C.Cc1cc(C(=O)NCC(=O)NC(C)CC(=O)NCC2=CCCc3ccccc32)no1. The molecule has 0 bridgehead atoms. The summed E-state index contributed by atoms with van der Waals surface area (Å²) in [6.07, 6.45) is 4.29. The van der Waals surface area contributed by atoms with Gasteiger partial charge in [-0.25, -0.2) is 0 Å². The minimum atomic E-state index is -0.492. The first-order chi connectivity index (χ1) is 17.8. The highest BCUT2D eigenvalue weighted by Crippen LogP contribution is 2.25. The van der Waals surface area contributed by atoms with Crippen LogP contribution in [0.15, 0.2) is 40.9 Å². The molecule has 1 aromatic carbocycles. The highest BCUT2D eigenvalue weighted by atomic mass is 16.5. The molecule has 3 rings (SSSR count). The van der Waals surface area contributed by atoms with E-state index in [0.717, 1.165) is 18.4 Å². The molecule has 0 saturated heterocycles. The van der Waals surface area contributed by atoms with Crippen molar-refractivity contribution in [3.8, 4) is 0 Å². The summed E-state index contributed by atoms with van der Waals surface area (Å²) in [5.74, 6) is -0.482. The van der Waals surface area contributed by atoms with Crippen molar-refractivity contribution in [1.82, 2.24) is 26.4 Å². The molecule has 0 radical (unpaired) electrons. The number of amides is 4. The number of nitrogens with one attached hydrogen (secondary N) is 4. The third-order valence-electron chi connectivity index (χ3n) is 5.36. The van der Waals surface area contributed by atoms with Crippen molar-refractivity contribution in [2.24, 2.45) is 0 Å². The van der Waals surface area contributed by atoms with Crippen LogP contribution in [0.4, 0.5) is 0 Å². The lowest BCUT2D eigenvalue weighted by Crippen LogP contribution is -2.43. The van der Waals surface area contributed by atoms with Crippen molar-refractivity contribution in [1.29, 1.82) is 0 Å². The van der Waals surface area contributed by atoms with Crippen LogP contribution in [0.3, 0.4) is 0 Å². The maximum absolute atomic E-state index is 12.3. The van der Waals surface area contributed by atoms with Crippen LogP contribution >= 0.6 is 0 Å². The average molecular weight is 526 g/mol. The Labute approximate surface area is 224 Å². The zero-order valence-electron chi connectivity index (χ0n) is 23.1. The minimum Gasteiger partial charge on any atom is -0.361 e. The second-order valence-corrected chi connectivity index (χ2v) is 10.3. The highest BCUT2D eigenvalue weighted by Gasteiger charge is 2.16. The Morgan fingerprint density at radius 3 is 2.39 bits per heavy atom. The second kappa shape index (κ2) is 14.1. The van der Waals surface area contributed by atoms with Gasteiger partial charge in [-0.3, -0.25) is 19.2 Å². The topological polar surface area (TPSA) is 142 Å². The molecule has 1 atom stereocenters. The number of aromatic nitrogens is 1. The van der Waals surface area contributed by atoms with E-state index in [0.29, 0.717) is 12.3 Å². The Morgan fingerprint density at radius 1 is 1.08 bits per heavy atom. The molecule has 10 nitrogen and oxygen atoms in total. The third-order valence-corrected chi connectivity index (χ3v) is 5.36. The average Bonchev–Trinajstić information content (AvgIpc) is 3.26. The van der Waals surface area contributed by atoms with Crippen molar-refractivity contribution in [3.63, 3.8) is 0 Å². The van der Waals surface area contributed by atoms with E-state index in [4.69, 9.17) is 4.52 Å². The van der Waals surface area contributed by atoms with Crippen molar-refractivity contribution in [2.75, 3.05) is 13.1 Å². The first-order valence-electron chi connectivity index (χ1n) is 12.7. The fourth-order valence-corrected chi connectivity index (χ4v) is 3.90. The van der Waals surface area contributed by atoms with Crippen molar-refractivity contribution >= 4 is 29.2 Å². The third kappa shape index (κ3) is 11.0. The summed E-state index contributed by atoms with van der Waals surface area (Å²) < 4.78 is 4.83. The molecule has 1 aromatic heterocycles. The number of nitrogens with zero attached hydrogens (tertiary/aromatic N) is 1. The molecule has 206 valence electrons. The second-order valence-electron chi connectivity index (χ2n) is 10.3. The number of aryl methyl sites for hydroxylation is 2. The predicted octanol–water partition coefficient (Wildman–Crippen LogP) is 2.67. The number of hydrogen-bond donors (Lipinski definition) is 4. The largest absolute Gasteiger partial charge is 0.361 e. The number of carbonyl (C=O) groups excluding carboxylic acids is 4. The molecular weight excluding hydrogens is 486 g/mol. The zero-order chi connectivity index (χ0) is 28.3. The van der Waals surface area contributed by atoms with Crippen LogP contribution in [-0.2, 0) is 20.8 Å². The van der Waals surface area contributed by atoms with Gasteiger partial charge in [-0.1, -0.05) is 35.5 Å². The number of benzene rings is 1. The van der Waals surface area contributed by atoms with Crippen LogP contribution in [0.1, 0.15) is 74.8 Å².